The summed E-state index contributed by atoms with van der Waals surface area (Å²) in [5.41, 5.74) is 3.66. The Hall–Kier alpha value is -3.58. The molecule has 4 nitrogen and oxygen atoms in total. The third-order valence-corrected chi connectivity index (χ3v) is 4.85. The molecule has 0 saturated heterocycles. The molecule has 1 aliphatic heterocycles. The third kappa shape index (κ3) is 3.28. The molecule has 0 bridgehead atoms. The minimum atomic E-state index is -0.669. The fourth-order valence-corrected chi connectivity index (χ4v) is 3.51. The number of nitriles is 1. The standard InChI is InChI=1S/C23H19N3O/c24-16-22(19-13-7-8-14-23(19)27)26-21(18-11-5-2-6-12-18)15-20(25-26)17-9-3-1-4-10-17/h1-14,21-22,27H,15H2/t21-,22-/m1/s1. The maximum Gasteiger partial charge on any atom is 0.162 e. The molecule has 27 heavy (non-hydrogen) atoms. The first-order valence-electron chi connectivity index (χ1n) is 8.91. The van der Waals surface area contributed by atoms with Gasteiger partial charge >= 0.3 is 0 Å². The molecule has 0 fully saturated rings. The van der Waals surface area contributed by atoms with Gasteiger partial charge in [0.25, 0.3) is 0 Å². The highest BCUT2D eigenvalue weighted by atomic mass is 16.3. The highest BCUT2D eigenvalue weighted by molar-refractivity contribution is 6.01. The number of hydrogen-bond acceptors (Lipinski definition) is 4. The molecule has 2 atom stereocenters. The van der Waals surface area contributed by atoms with E-state index in [1.807, 2.05) is 59.6 Å². The van der Waals surface area contributed by atoms with E-state index in [1.165, 1.54) is 0 Å². The van der Waals surface area contributed by atoms with Crippen LogP contribution in [0, 0.1) is 11.3 Å². The van der Waals surface area contributed by atoms with Crippen LogP contribution in [0.5, 0.6) is 5.75 Å². The van der Waals surface area contributed by atoms with E-state index in [1.54, 1.807) is 18.2 Å². The van der Waals surface area contributed by atoms with Crippen molar-refractivity contribution < 1.29 is 5.11 Å². The first-order chi connectivity index (χ1) is 13.3. The first-order valence-corrected chi connectivity index (χ1v) is 8.91. The van der Waals surface area contributed by atoms with Crippen molar-refractivity contribution in [2.75, 3.05) is 0 Å². The SMILES string of the molecule is N#C[C@H](c1ccccc1O)N1N=C(c2ccccc2)C[C@@H]1c1ccccc1. The second-order valence-electron chi connectivity index (χ2n) is 6.51. The molecule has 0 spiro atoms. The normalized spacial score (nSPS) is 17.2. The smallest absolute Gasteiger partial charge is 0.162 e. The minimum absolute atomic E-state index is 0.0642. The molecular weight excluding hydrogens is 334 g/mol. The van der Waals surface area contributed by atoms with Gasteiger partial charge in [0.05, 0.1) is 17.8 Å². The summed E-state index contributed by atoms with van der Waals surface area (Å²) in [7, 11) is 0. The first kappa shape index (κ1) is 16.9. The van der Waals surface area contributed by atoms with Crippen molar-refractivity contribution in [3.63, 3.8) is 0 Å². The van der Waals surface area contributed by atoms with Gasteiger partial charge in [-0.1, -0.05) is 78.9 Å². The van der Waals surface area contributed by atoms with Crippen molar-refractivity contribution in [1.29, 1.82) is 5.26 Å². The predicted octanol–water partition coefficient (Wildman–Crippen LogP) is 4.81. The van der Waals surface area contributed by atoms with Gasteiger partial charge in [0.2, 0.25) is 0 Å². The summed E-state index contributed by atoms with van der Waals surface area (Å²) in [5.74, 6) is 0.110. The Kier molecular flexibility index (Phi) is 4.59. The lowest BCUT2D eigenvalue weighted by molar-refractivity contribution is 0.194. The van der Waals surface area contributed by atoms with Crippen LogP contribution in [-0.4, -0.2) is 15.8 Å². The lowest BCUT2D eigenvalue weighted by Gasteiger charge is -2.28. The van der Waals surface area contributed by atoms with Gasteiger partial charge in [-0.15, -0.1) is 0 Å². The molecule has 1 N–H and O–H groups in total. The van der Waals surface area contributed by atoms with E-state index in [2.05, 4.69) is 18.2 Å². The molecule has 1 heterocycles. The van der Waals surface area contributed by atoms with E-state index < -0.39 is 6.04 Å². The van der Waals surface area contributed by atoms with Gasteiger partial charge in [-0.3, -0.25) is 5.01 Å². The zero-order valence-corrected chi connectivity index (χ0v) is 14.7. The summed E-state index contributed by atoms with van der Waals surface area (Å²) in [6.45, 7) is 0. The minimum Gasteiger partial charge on any atom is -0.508 e. The van der Waals surface area contributed by atoms with Gasteiger partial charge in [0.1, 0.15) is 5.75 Å². The molecule has 3 aromatic carbocycles. The third-order valence-electron chi connectivity index (χ3n) is 4.85. The summed E-state index contributed by atoms with van der Waals surface area (Å²) in [6, 6.07) is 28.7. The highest BCUT2D eigenvalue weighted by Gasteiger charge is 2.35. The molecular formula is C23H19N3O. The van der Waals surface area contributed by atoms with Crippen LogP contribution >= 0.6 is 0 Å². The van der Waals surface area contributed by atoms with Crippen LogP contribution in [0.4, 0.5) is 0 Å². The van der Waals surface area contributed by atoms with Gasteiger partial charge in [-0.2, -0.15) is 10.4 Å². The molecule has 0 amide bonds. The van der Waals surface area contributed by atoms with Crippen molar-refractivity contribution in [2.45, 2.75) is 18.5 Å². The average molecular weight is 353 g/mol. The molecule has 4 heteroatoms. The monoisotopic (exact) mass is 353 g/mol. The molecule has 1 aliphatic rings. The summed E-state index contributed by atoms with van der Waals surface area (Å²) in [6.07, 6.45) is 0.708. The van der Waals surface area contributed by atoms with Crippen LogP contribution < -0.4 is 0 Å². The zero-order valence-electron chi connectivity index (χ0n) is 14.7. The van der Waals surface area contributed by atoms with Crippen molar-refractivity contribution in [1.82, 2.24) is 5.01 Å². The second-order valence-corrected chi connectivity index (χ2v) is 6.51. The van der Waals surface area contributed by atoms with Gasteiger partial charge < -0.3 is 5.11 Å². The largest absolute Gasteiger partial charge is 0.508 e. The molecule has 4 rings (SSSR count). The van der Waals surface area contributed by atoms with Crippen molar-refractivity contribution in [3.05, 3.63) is 102 Å². The lowest BCUT2D eigenvalue weighted by atomic mass is 9.96. The van der Waals surface area contributed by atoms with E-state index >= 15 is 0 Å². The Morgan fingerprint density at radius 3 is 2.22 bits per heavy atom. The number of phenolic OH excluding ortho intramolecular Hbond substituents is 1. The van der Waals surface area contributed by atoms with Crippen molar-refractivity contribution in [2.24, 2.45) is 5.10 Å². The van der Waals surface area contributed by atoms with E-state index in [0.29, 0.717) is 12.0 Å². The number of aromatic hydroxyl groups is 1. The average Bonchev–Trinajstić information content (AvgIpc) is 3.16. The maximum absolute atomic E-state index is 10.3. The molecule has 0 aliphatic carbocycles. The van der Waals surface area contributed by atoms with Crippen LogP contribution in [0.25, 0.3) is 0 Å². The number of rotatable bonds is 4. The lowest BCUT2D eigenvalue weighted by Crippen LogP contribution is -2.24. The summed E-state index contributed by atoms with van der Waals surface area (Å²) < 4.78 is 0. The Morgan fingerprint density at radius 2 is 1.56 bits per heavy atom. The van der Waals surface area contributed by atoms with E-state index in [0.717, 1.165) is 16.8 Å². The topological polar surface area (TPSA) is 59.6 Å². The van der Waals surface area contributed by atoms with Crippen LogP contribution in [0.3, 0.4) is 0 Å². The zero-order chi connectivity index (χ0) is 18.6. The Bertz CT molecular complexity index is 993. The summed E-state index contributed by atoms with van der Waals surface area (Å²) >= 11 is 0. The fraction of sp³-hybridized carbons (Fsp3) is 0.130. The van der Waals surface area contributed by atoms with Gasteiger partial charge in [-0.05, 0) is 17.2 Å². The van der Waals surface area contributed by atoms with Crippen LogP contribution in [0.2, 0.25) is 0 Å². The Balaban J connectivity index is 1.78. The highest BCUT2D eigenvalue weighted by Crippen LogP contribution is 2.40. The molecule has 0 aromatic heterocycles. The molecule has 0 unspecified atom stereocenters. The quantitative estimate of drug-likeness (QED) is 0.732. The molecule has 0 saturated carbocycles. The summed E-state index contributed by atoms with van der Waals surface area (Å²) in [4.78, 5) is 0. The van der Waals surface area contributed by atoms with Gasteiger partial charge in [0.15, 0.2) is 6.04 Å². The van der Waals surface area contributed by atoms with Gasteiger partial charge in [-0.25, -0.2) is 0 Å². The number of hydrogen-bond donors (Lipinski definition) is 1. The van der Waals surface area contributed by atoms with Crippen LogP contribution in [0.1, 0.15) is 35.2 Å². The Labute approximate surface area is 158 Å². The maximum atomic E-state index is 10.3. The van der Waals surface area contributed by atoms with Crippen LogP contribution in [0.15, 0.2) is 90.0 Å². The predicted molar refractivity (Wildman–Crippen MR) is 105 cm³/mol. The fourth-order valence-electron chi connectivity index (χ4n) is 3.51. The van der Waals surface area contributed by atoms with Gasteiger partial charge in [0, 0.05) is 12.0 Å². The second kappa shape index (κ2) is 7.35. The van der Waals surface area contributed by atoms with E-state index in [-0.39, 0.29) is 11.8 Å². The van der Waals surface area contributed by atoms with E-state index in [4.69, 9.17) is 5.10 Å². The number of benzene rings is 3. The van der Waals surface area contributed by atoms with Crippen molar-refractivity contribution in [3.8, 4) is 11.8 Å². The molecule has 132 valence electrons. The number of para-hydroxylation sites is 1. The number of hydrazone groups is 1. The number of phenols is 1. The molecule has 0 radical (unpaired) electrons. The Morgan fingerprint density at radius 1 is 0.926 bits per heavy atom. The summed E-state index contributed by atoms with van der Waals surface area (Å²) in [5, 5.41) is 26.8. The van der Waals surface area contributed by atoms with Crippen molar-refractivity contribution >= 4 is 5.71 Å². The molecule has 3 aromatic rings. The van der Waals surface area contributed by atoms with E-state index in [9.17, 15) is 10.4 Å². The number of nitrogens with zero attached hydrogens (tertiary/aromatic N) is 3. The van der Waals surface area contributed by atoms with Crippen LogP contribution in [-0.2, 0) is 0 Å².